The normalized spacial score (nSPS) is 19.3. The second kappa shape index (κ2) is 15.4. The molecule has 2 aliphatic heterocycles. The first-order valence-electron chi connectivity index (χ1n) is 17.0. The Balaban J connectivity index is 1.000. The molecule has 2 fully saturated rings. The number of hydrogen-bond donors (Lipinski definition) is 2. The minimum Gasteiger partial charge on any atom is -0.488 e. The number of hydrogen-bond acceptors (Lipinski definition) is 9. The summed E-state index contributed by atoms with van der Waals surface area (Å²) >= 11 is 0. The van der Waals surface area contributed by atoms with Gasteiger partial charge in [-0.1, -0.05) is 19.9 Å². The van der Waals surface area contributed by atoms with Crippen LogP contribution in [0, 0.1) is 17.0 Å². The van der Waals surface area contributed by atoms with Crippen LogP contribution in [0.4, 0.5) is 20.2 Å². The van der Waals surface area contributed by atoms with Gasteiger partial charge in [-0.15, -0.1) is 0 Å². The van der Waals surface area contributed by atoms with E-state index in [9.17, 15) is 13.6 Å². The van der Waals surface area contributed by atoms with Gasteiger partial charge in [0.15, 0.2) is 6.29 Å². The molecular weight excluding hydrogens is 646 g/mol. The number of aromatic nitrogens is 3. The number of ether oxygens (including phenoxy) is 3. The number of benzene rings is 3. The third kappa shape index (κ3) is 7.82. The minimum absolute atomic E-state index is 0.0729. The van der Waals surface area contributed by atoms with E-state index in [1.165, 1.54) is 12.1 Å². The highest BCUT2D eigenvalue weighted by molar-refractivity contribution is 5.55. The molecule has 266 valence electrons. The van der Waals surface area contributed by atoms with Crippen molar-refractivity contribution in [1.29, 1.82) is 5.41 Å². The lowest BCUT2D eigenvalue weighted by Gasteiger charge is -2.37. The molecule has 14 heteroatoms. The molecule has 50 heavy (non-hydrogen) atoms. The molecule has 1 unspecified atom stereocenters. The van der Waals surface area contributed by atoms with E-state index in [1.807, 2.05) is 36.4 Å². The zero-order valence-corrected chi connectivity index (χ0v) is 28.4. The molecule has 2 atom stereocenters. The van der Waals surface area contributed by atoms with Crippen molar-refractivity contribution in [1.82, 2.24) is 19.4 Å². The molecule has 4 aromatic rings. The summed E-state index contributed by atoms with van der Waals surface area (Å²) in [6, 6.07) is 19.4. The third-order valence-corrected chi connectivity index (χ3v) is 9.42. The SMILES string of the molecule is CCC(CC)n1ncn(-c2ccc(N3CCN(c4ccc(OC[C@H]5OCC(Cc6ccc(F)cc6F)(CN(N)C=N)O5)cc4)CC3)cc2)c1=O. The predicted molar refractivity (Wildman–Crippen MR) is 187 cm³/mol. The number of halogens is 2. The van der Waals surface area contributed by atoms with Gasteiger partial charge in [-0.25, -0.2) is 28.7 Å². The smallest absolute Gasteiger partial charge is 0.350 e. The Labute approximate surface area is 290 Å². The molecule has 3 aromatic carbocycles. The van der Waals surface area contributed by atoms with E-state index in [0.717, 1.165) is 73.5 Å². The first-order chi connectivity index (χ1) is 24.2. The molecule has 12 nitrogen and oxygen atoms in total. The molecule has 0 amide bonds. The third-order valence-electron chi connectivity index (χ3n) is 9.42. The van der Waals surface area contributed by atoms with Crippen molar-refractivity contribution in [3.8, 4) is 11.4 Å². The first kappa shape index (κ1) is 35.1. The van der Waals surface area contributed by atoms with Crippen LogP contribution in [0.25, 0.3) is 5.69 Å². The molecule has 0 saturated carbocycles. The maximum Gasteiger partial charge on any atom is 0.350 e. The summed E-state index contributed by atoms with van der Waals surface area (Å²) in [5, 5.41) is 13.0. The Bertz CT molecular complexity index is 1790. The quantitative estimate of drug-likeness (QED) is 0.0851. The molecule has 2 aliphatic rings. The average Bonchev–Trinajstić information content (AvgIpc) is 3.72. The summed E-state index contributed by atoms with van der Waals surface area (Å²) < 4.78 is 49.1. The molecular formula is C36H44F2N8O4. The van der Waals surface area contributed by atoms with E-state index in [2.05, 4.69) is 40.9 Å². The Morgan fingerprint density at radius 3 is 2.22 bits per heavy atom. The summed E-state index contributed by atoms with van der Waals surface area (Å²) in [6.07, 6.45) is 3.61. The highest BCUT2D eigenvalue weighted by Gasteiger charge is 2.43. The highest BCUT2D eigenvalue weighted by atomic mass is 19.1. The van der Waals surface area contributed by atoms with Crippen molar-refractivity contribution in [2.75, 3.05) is 55.7 Å². The minimum atomic E-state index is -1.05. The average molecular weight is 691 g/mol. The van der Waals surface area contributed by atoms with Crippen LogP contribution in [-0.4, -0.2) is 83.5 Å². The first-order valence-corrected chi connectivity index (χ1v) is 17.0. The number of nitrogens with two attached hydrogens (primary N) is 1. The number of piperazine rings is 1. The topological polar surface area (TPSA) is 127 Å². The Hall–Kier alpha value is -4.79. The van der Waals surface area contributed by atoms with Crippen molar-refractivity contribution in [2.24, 2.45) is 5.84 Å². The van der Waals surface area contributed by atoms with Crippen LogP contribution in [0.1, 0.15) is 38.3 Å². The van der Waals surface area contributed by atoms with Crippen molar-refractivity contribution < 1.29 is 23.0 Å². The standard InChI is InChI=1S/C36H44F2N8O4/c1-3-28(4-2)46-35(47)45(25-41-46)31-9-7-29(8-10-31)42-15-17-43(18-16-42)30-11-13-32(14-12-30)48-21-34-49-23-36(50-34,22-44(40)24-39)20-26-5-6-27(37)19-33(26)38/h5-14,19,24-25,28,34,39H,3-4,15-18,20-23,40H2,1-2H3/t34-,36?/m0/s1. The van der Waals surface area contributed by atoms with Gasteiger partial charge in [0.05, 0.1) is 31.2 Å². The van der Waals surface area contributed by atoms with Gasteiger partial charge in [0.2, 0.25) is 0 Å². The van der Waals surface area contributed by atoms with Crippen LogP contribution in [0.15, 0.2) is 77.9 Å². The van der Waals surface area contributed by atoms with Crippen LogP contribution in [0.2, 0.25) is 0 Å². The summed E-state index contributed by atoms with van der Waals surface area (Å²) in [6.45, 7) is 7.78. The van der Waals surface area contributed by atoms with Gasteiger partial charge >= 0.3 is 5.69 Å². The van der Waals surface area contributed by atoms with Crippen LogP contribution in [-0.2, 0) is 15.9 Å². The Morgan fingerprint density at radius 1 is 1.00 bits per heavy atom. The largest absolute Gasteiger partial charge is 0.488 e. The zero-order valence-electron chi connectivity index (χ0n) is 28.4. The second-order valence-corrected chi connectivity index (χ2v) is 12.7. The fourth-order valence-electron chi connectivity index (χ4n) is 6.64. The molecule has 0 aliphatic carbocycles. The van der Waals surface area contributed by atoms with Crippen LogP contribution < -0.4 is 26.1 Å². The van der Waals surface area contributed by atoms with Gasteiger partial charge in [-0.05, 0) is 73.0 Å². The van der Waals surface area contributed by atoms with E-state index in [-0.39, 0.29) is 43.5 Å². The number of rotatable bonds is 14. The van der Waals surface area contributed by atoms with Gasteiger partial charge in [-0.2, -0.15) is 5.10 Å². The number of anilines is 2. The molecule has 0 radical (unpaired) electrons. The maximum atomic E-state index is 14.5. The van der Waals surface area contributed by atoms with Crippen LogP contribution >= 0.6 is 0 Å². The van der Waals surface area contributed by atoms with Crippen molar-refractivity contribution in [3.63, 3.8) is 0 Å². The van der Waals surface area contributed by atoms with E-state index in [4.69, 9.17) is 25.5 Å². The lowest BCUT2D eigenvalue weighted by Crippen LogP contribution is -2.49. The molecule has 3 heterocycles. The summed E-state index contributed by atoms with van der Waals surface area (Å²) in [5.41, 5.74) is 2.09. The fourth-order valence-corrected chi connectivity index (χ4v) is 6.64. The van der Waals surface area contributed by atoms with Gasteiger partial charge in [-0.3, -0.25) is 10.4 Å². The monoisotopic (exact) mass is 690 g/mol. The van der Waals surface area contributed by atoms with Crippen LogP contribution in [0.3, 0.4) is 0 Å². The van der Waals surface area contributed by atoms with E-state index < -0.39 is 23.5 Å². The van der Waals surface area contributed by atoms with Crippen molar-refractivity contribution in [2.45, 2.75) is 51.0 Å². The van der Waals surface area contributed by atoms with Gasteiger partial charge < -0.3 is 24.0 Å². The van der Waals surface area contributed by atoms with Crippen molar-refractivity contribution >= 4 is 17.7 Å². The summed E-state index contributed by atoms with van der Waals surface area (Å²) in [5.74, 6) is 5.17. The second-order valence-electron chi connectivity index (χ2n) is 12.7. The molecule has 0 bridgehead atoms. The molecule has 6 rings (SSSR count). The van der Waals surface area contributed by atoms with Gasteiger partial charge in [0.1, 0.15) is 35.9 Å². The lowest BCUT2D eigenvalue weighted by molar-refractivity contribution is -0.111. The molecule has 0 spiro atoms. The molecule has 1 aromatic heterocycles. The highest BCUT2D eigenvalue weighted by Crippen LogP contribution is 2.30. The number of hydrazine groups is 1. The zero-order chi connectivity index (χ0) is 35.3. The molecule has 3 N–H and O–H groups in total. The van der Waals surface area contributed by atoms with Gasteiger partial charge in [0, 0.05) is 50.0 Å². The van der Waals surface area contributed by atoms with E-state index in [0.29, 0.717) is 5.75 Å². The van der Waals surface area contributed by atoms with Gasteiger partial charge in [0.25, 0.3) is 0 Å². The van der Waals surface area contributed by atoms with Crippen molar-refractivity contribution in [3.05, 3.63) is 101 Å². The summed E-state index contributed by atoms with van der Waals surface area (Å²) in [7, 11) is 0. The number of nitrogens with one attached hydrogen (secondary N) is 1. The van der Waals surface area contributed by atoms with E-state index in [1.54, 1.807) is 15.6 Å². The Morgan fingerprint density at radius 2 is 1.62 bits per heavy atom. The van der Waals surface area contributed by atoms with Crippen LogP contribution in [0.5, 0.6) is 5.75 Å². The predicted octanol–water partition coefficient (Wildman–Crippen LogP) is 4.52. The fraction of sp³-hybridized carbons (Fsp3) is 0.417. The van der Waals surface area contributed by atoms with E-state index >= 15 is 0 Å². The summed E-state index contributed by atoms with van der Waals surface area (Å²) in [4.78, 5) is 17.6. The Kier molecular flexibility index (Phi) is 10.8. The number of nitrogens with zero attached hydrogens (tertiary/aromatic N) is 6. The lowest BCUT2D eigenvalue weighted by atomic mass is 9.94. The maximum absolute atomic E-state index is 14.5. The molecule has 2 saturated heterocycles.